The third-order valence-electron chi connectivity index (χ3n) is 3.21. The van der Waals surface area contributed by atoms with Crippen molar-refractivity contribution in [2.24, 2.45) is 0 Å². The molecule has 2 rings (SSSR count). The van der Waals surface area contributed by atoms with Crippen LogP contribution in [0.3, 0.4) is 0 Å². The topological polar surface area (TPSA) is 61.6 Å². The molecule has 0 saturated heterocycles. The molecular formula is C12H11ClF3NO4. The summed E-state index contributed by atoms with van der Waals surface area (Å²) in [5.41, 5.74) is -1.84. The zero-order chi connectivity index (χ0) is 15.8. The molecule has 0 radical (unpaired) electrons. The summed E-state index contributed by atoms with van der Waals surface area (Å²) >= 11 is 5.88. The molecule has 1 aliphatic carbocycles. The molecule has 21 heavy (non-hydrogen) atoms. The van der Waals surface area contributed by atoms with E-state index in [-0.39, 0.29) is 11.1 Å². The lowest BCUT2D eigenvalue weighted by molar-refractivity contribution is -0.386. The molecule has 0 spiro atoms. The van der Waals surface area contributed by atoms with Crippen molar-refractivity contribution in [3.05, 3.63) is 33.9 Å². The molecule has 1 aromatic carbocycles. The van der Waals surface area contributed by atoms with Crippen molar-refractivity contribution in [2.45, 2.75) is 30.2 Å². The van der Waals surface area contributed by atoms with Gasteiger partial charge in [0.1, 0.15) is 12.2 Å². The highest BCUT2D eigenvalue weighted by molar-refractivity contribution is 6.21. The maximum Gasteiger partial charge on any atom is 0.416 e. The van der Waals surface area contributed by atoms with Gasteiger partial charge in [0.15, 0.2) is 5.75 Å². The maximum atomic E-state index is 12.6. The summed E-state index contributed by atoms with van der Waals surface area (Å²) in [6.45, 7) is 0. The van der Waals surface area contributed by atoms with E-state index in [1.165, 1.54) is 7.11 Å². The van der Waals surface area contributed by atoms with Crippen LogP contribution in [0.25, 0.3) is 0 Å². The van der Waals surface area contributed by atoms with Crippen LogP contribution < -0.4 is 4.74 Å². The van der Waals surface area contributed by atoms with Gasteiger partial charge in [0.25, 0.3) is 0 Å². The van der Waals surface area contributed by atoms with Gasteiger partial charge in [-0.1, -0.05) is 0 Å². The number of hydrogen-bond acceptors (Lipinski definition) is 4. The van der Waals surface area contributed by atoms with Crippen molar-refractivity contribution in [2.75, 3.05) is 7.11 Å². The Morgan fingerprint density at radius 1 is 1.43 bits per heavy atom. The average molecular weight is 326 g/mol. The number of nitro groups is 1. The molecule has 0 amide bonds. The van der Waals surface area contributed by atoms with Crippen molar-refractivity contribution in [1.29, 1.82) is 0 Å². The monoisotopic (exact) mass is 325 g/mol. The molecule has 1 aliphatic rings. The minimum atomic E-state index is -4.66. The lowest BCUT2D eigenvalue weighted by atomic mass is 9.91. The number of ether oxygens (including phenoxy) is 2. The van der Waals surface area contributed by atoms with Crippen LogP contribution >= 0.6 is 11.6 Å². The molecule has 3 unspecified atom stereocenters. The Labute approximate surface area is 122 Å². The third-order valence-corrected chi connectivity index (χ3v) is 3.64. The first kappa shape index (κ1) is 15.8. The molecule has 5 nitrogen and oxygen atoms in total. The van der Waals surface area contributed by atoms with E-state index in [1.54, 1.807) is 0 Å². The summed E-state index contributed by atoms with van der Waals surface area (Å²) in [5.74, 6) is -0.233. The van der Waals surface area contributed by atoms with Crippen LogP contribution in [0.15, 0.2) is 18.2 Å². The third kappa shape index (κ3) is 3.21. The number of hydrogen-bond donors (Lipinski definition) is 0. The number of nitro benzene ring substituents is 1. The molecule has 0 N–H and O–H groups in total. The second kappa shape index (κ2) is 5.69. The van der Waals surface area contributed by atoms with Crippen LogP contribution in [0.4, 0.5) is 18.9 Å². The fraction of sp³-hybridized carbons (Fsp3) is 0.500. The number of benzene rings is 1. The Morgan fingerprint density at radius 3 is 2.57 bits per heavy atom. The van der Waals surface area contributed by atoms with E-state index >= 15 is 0 Å². The van der Waals surface area contributed by atoms with E-state index < -0.39 is 34.6 Å². The standard InChI is InChI=1S/C12H11ClF3NO4/c1-20-11-7(13)5-10(11)21-9-3-2-6(12(14,15)16)4-8(9)17(18)19/h2-4,7,10-11H,5H2,1H3. The lowest BCUT2D eigenvalue weighted by Gasteiger charge is -2.39. The van der Waals surface area contributed by atoms with E-state index in [0.717, 1.165) is 12.1 Å². The number of nitrogens with zero attached hydrogens (tertiary/aromatic N) is 1. The zero-order valence-corrected chi connectivity index (χ0v) is 11.5. The summed E-state index contributed by atoms with van der Waals surface area (Å²) in [4.78, 5) is 9.99. The molecule has 1 aromatic rings. The van der Waals surface area contributed by atoms with E-state index in [4.69, 9.17) is 21.1 Å². The largest absolute Gasteiger partial charge is 0.481 e. The van der Waals surface area contributed by atoms with Crippen LogP contribution in [0.1, 0.15) is 12.0 Å². The predicted molar refractivity (Wildman–Crippen MR) is 67.6 cm³/mol. The fourth-order valence-corrected chi connectivity index (χ4v) is 2.48. The van der Waals surface area contributed by atoms with Crippen molar-refractivity contribution in [3.63, 3.8) is 0 Å². The van der Waals surface area contributed by atoms with Crippen molar-refractivity contribution >= 4 is 17.3 Å². The van der Waals surface area contributed by atoms with Crippen LogP contribution in [0.2, 0.25) is 0 Å². The van der Waals surface area contributed by atoms with Gasteiger partial charge in [-0.05, 0) is 12.1 Å². The van der Waals surface area contributed by atoms with E-state index in [1.807, 2.05) is 0 Å². The number of alkyl halides is 4. The highest BCUT2D eigenvalue weighted by Gasteiger charge is 2.43. The molecule has 1 saturated carbocycles. The molecule has 0 heterocycles. The molecule has 116 valence electrons. The molecule has 0 aliphatic heterocycles. The quantitative estimate of drug-likeness (QED) is 0.483. The first-order valence-corrected chi connectivity index (χ1v) is 6.37. The van der Waals surface area contributed by atoms with Gasteiger partial charge in [-0.3, -0.25) is 10.1 Å². The molecule has 1 fully saturated rings. The number of rotatable bonds is 4. The summed E-state index contributed by atoms with van der Waals surface area (Å²) in [7, 11) is 1.41. The first-order chi connectivity index (χ1) is 9.74. The Morgan fingerprint density at radius 2 is 2.10 bits per heavy atom. The van der Waals surface area contributed by atoms with E-state index in [0.29, 0.717) is 12.5 Å². The maximum absolute atomic E-state index is 12.6. The van der Waals surface area contributed by atoms with Gasteiger partial charge in [-0.25, -0.2) is 0 Å². The number of halogens is 4. The Balaban J connectivity index is 2.26. The average Bonchev–Trinajstić information content (AvgIpc) is 2.37. The molecule has 0 bridgehead atoms. The SMILES string of the molecule is COC1C(Cl)CC1Oc1ccc(C(F)(F)F)cc1[N+](=O)[O-]. The van der Waals surface area contributed by atoms with Crippen LogP contribution in [0.5, 0.6) is 5.75 Å². The summed E-state index contributed by atoms with van der Waals surface area (Å²) in [5, 5.41) is 10.6. The second-order valence-electron chi connectivity index (χ2n) is 4.55. The van der Waals surface area contributed by atoms with Crippen LogP contribution in [-0.2, 0) is 10.9 Å². The van der Waals surface area contributed by atoms with Gasteiger partial charge < -0.3 is 9.47 Å². The Kier molecular flexibility index (Phi) is 4.29. The summed E-state index contributed by atoms with van der Waals surface area (Å²) in [6, 6.07) is 2.13. The van der Waals surface area contributed by atoms with E-state index in [9.17, 15) is 23.3 Å². The van der Waals surface area contributed by atoms with Gasteiger partial charge in [0.2, 0.25) is 0 Å². The number of methoxy groups -OCH3 is 1. The van der Waals surface area contributed by atoms with E-state index in [2.05, 4.69) is 0 Å². The van der Waals surface area contributed by atoms with Gasteiger partial charge in [-0.2, -0.15) is 13.2 Å². The summed E-state index contributed by atoms with van der Waals surface area (Å²) < 4.78 is 48.1. The molecule has 0 aromatic heterocycles. The smallest absolute Gasteiger partial charge is 0.416 e. The van der Waals surface area contributed by atoms with Crippen LogP contribution in [-0.4, -0.2) is 29.6 Å². The highest BCUT2D eigenvalue weighted by Crippen LogP contribution is 2.39. The molecular weight excluding hydrogens is 315 g/mol. The minimum Gasteiger partial charge on any atom is -0.481 e. The Hall–Kier alpha value is -1.54. The molecule has 9 heteroatoms. The normalized spacial score (nSPS) is 25.3. The van der Waals surface area contributed by atoms with Crippen LogP contribution in [0, 0.1) is 10.1 Å². The van der Waals surface area contributed by atoms with Gasteiger partial charge in [-0.15, -0.1) is 11.6 Å². The van der Waals surface area contributed by atoms with Crippen molar-refractivity contribution < 1.29 is 27.6 Å². The highest BCUT2D eigenvalue weighted by atomic mass is 35.5. The van der Waals surface area contributed by atoms with Gasteiger partial charge in [0, 0.05) is 19.6 Å². The minimum absolute atomic E-state index is 0.233. The Bertz CT molecular complexity index is 552. The zero-order valence-electron chi connectivity index (χ0n) is 10.8. The van der Waals surface area contributed by atoms with Gasteiger partial charge >= 0.3 is 11.9 Å². The summed E-state index contributed by atoms with van der Waals surface area (Å²) in [6.07, 6.45) is -5.23. The van der Waals surface area contributed by atoms with Gasteiger partial charge in [0.05, 0.1) is 15.9 Å². The second-order valence-corrected chi connectivity index (χ2v) is 5.11. The first-order valence-electron chi connectivity index (χ1n) is 5.93. The predicted octanol–water partition coefficient (Wildman–Crippen LogP) is 3.39. The van der Waals surface area contributed by atoms with Crippen molar-refractivity contribution in [1.82, 2.24) is 0 Å². The lowest BCUT2D eigenvalue weighted by Crippen LogP contribution is -2.52. The van der Waals surface area contributed by atoms with Crippen molar-refractivity contribution in [3.8, 4) is 5.75 Å². The molecule has 3 atom stereocenters. The fourth-order valence-electron chi connectivity index (χ4n) is 2.04.